The largest absolute Gasteiger partial charge is 0.383 e. The van der Waals surface area contributed by atoms with E-state index in [1.807, 2.05) is 6.92 Å². The van der Waals surface area contributed by atoms with Gasteiger partial charge in [0, 0.05) is 18.9 Å². The van der Waals surface area contributed by atoms with Crippen LogP contribution in [-0.2, 0) is 13.1 Å². The summed E-state index contributed by atoms with van der Waals surface area (Å²) in [4.78, 5) is 32.8. The van der Waals surface area contributed by atoms with Gasteiger partial charge in [0.25, 0.3) is 5.56 Å². The molecule has 2 heterocycles. The van der Waals surface area contributed by atoms with Gasteiger partial charge < -0.3 is 16.0 Å². The van der Waals surface area contributed by atoms with Crippen molar-refractivity contribution in [2.45, 2.75) is 32.9 Å². The molecule has 0 aromatic carbocycles. The monoisotopic (exact) mass is 278 g/mol. The van der Waals surface area contributed by atoms with Crippen LogP contribution in [-0.4, -0.2) is 19.5 Å². The topological polar surface area (TPSA) is 122 Å². The number of aromatic nitrogens is 4. The highest BCUT2D eigenvalue weighted by Gasteiger charge is 2.11. The molecule has 8 heteroatoms. The maximum atomic E-state index is 11.8. The van der Waals surface area contributed by atoms with E-state index in [1.165, 1.54) is 4.57 Å². The molecule has 0 fully saturated rings. The Kier molecular flexibility index (Phi) is 4.24. The van der Waals surface area contributed by atoms with Gasteiger partial charge in [-0.2, -0.15) is 0 Å². The number of nitrogen functional groups attached to an aromatic ring is 1. The Balaban J connectivity index is 2.27. The second kappa shape index (κ2) is 6.09. The summed E-state index contributed by atoms with van der Waals surface area (Å²) in [7, 11) is 0. The van der Waals surface area contributed by atoms with E-state index in [0.717, 1.165) is 12.8 Å². The lowest BCUT2D eigenvalue weighted by Gasteiger charge is -2.13. The number of H-pyrrole nitrogens is 2. The Labute approximate surface area is 115 Å². The summed E-state index contributed by atoms with van der Waals surface area (Å²) in [6.07, 6.45) is 5.05. The van der Waals surface area contributed by atoms with Crippen LogP contribution >= 0.6 is 0 Å². The number of hydrogen-bond acceptors (Lipinski definition) is 5. The molecule has 0 spiro atoms. The van der Waals surface area contributed by atoms with Gasteiger partial charge in [-0.05, 0) is 6.42 Å². The number of anilines is 2. The molecule has 0 aliphatic carbocycles. The predicted octanol–water partition coefficient (Wildman–Crippen LogP) is 0.254. The van der Waals surface area contributed by atoms with E-state index in [9.17, 15) is 9.59 Å². The molecule has 108 valence electrons. The SMILES string of the molecule is CCCCn1c(N)c(NCc2ncc[nH]2)c(=O)[nH]c1=O. The summed E-state index contributed by atoms with van der Waals surface area (Å²) < 4.78 is 1.37. The third-order valence-electron chi connectivity index (χ3n) is 2.96. The summed E-state index contributed by atoms with van der Waals surface area (Å²) in [5.74, 6) is 0.828. The van der Waals surface area contributed by atoms with Crippen molar-refractivity contribution in [3.05, 3.63) is 39.1 Å². The lowest BCUT2D eigenvalue weighted by Crippen LogP contribution is -2.34. The Morgan fingerprint density at radius 2 is 2.25 bits per heavy atom. The van der Waals surface area contributed by atoms with E-state index in [4.69, 9.17) is 5.73 Å². The first kappa shape index (κ1) is 13.9. The number of aromatic amines is 2. The van der Waals surface area contributed by atoms with E-state index in [0.29, 0.717) is 18.9 Å². The fraction of sp³-hybridized carbons (Fsp3) is 0.417. The molecule has 20 heavy (non-hydrogen) atoms. The van der Waals surface area contributed by atoms with Crippen molar-refractivity contribution < 1.29 is 0 Å². The first-order chi connectivity index (χ1) is 9.63. The molecule has 5 N–H and O–H groups in total. The van der Waals surface area contributed by atoms with Gasteiger partial charge in [-0.1, -0.05) is 13.3 Å². The van der Waals surface area contributed by atoms with E-state index in [-0.39, 0.29) is 11.5 Å². The summed E-state index contributed by atoms with van der Waals surface area (Å²) >= 11 is 0. The molecule has 0 amide bonds. The van der Waals surface area contributed by atoms with Crippen LogP contribution in [0.1, 0.15) is 25.6 Å². The molecule has 0 aliphatic heterocycles. The zero-order valence-electron chi connectivity index (χ0n) is 11.3. The maximum Gasteiger partial charge on any atom is 0.330 e. The Bertz CT molecular complexity index is 670. The molecule has 2 aromatic rings. The Hall–Kier alpha value is -2.51. The molecule has 2 aromatic heterocycles. The van der Waals surface area contributed by atoms with Gasteiger partial charge in [0.1, 0.15) is 17.3 Å². The molecule has 8 nitrogen and oxygen atoms in total. The van der Waals surface area contributed by atoms with Crippen LogP contribution in [0.25, 0.3) is 0 Å². The molecule has 0 atom stereocenters. The third-order valence-corrected chi connectivity index (χ3v) is 2.96. The average Bonchev–Trinajstić information content (AvgIpc) is 2.91. The number of rotatable bonds is 6. The second-order valence-electron chi connectivity index (χ2n) is 4.41. The standard InChI is InChI=1S/C12H18N6O2/c1-2-3-6-18-10(13)9(11(19)17-12(18)20)16-7-8-14-4-5-15-8/h4-5,16H,2-3,6-7,13H2,1H3,(H,14,15)(H,17,19,20). The van der Waals surface area contributed by atoms with Crippen molar-refractivity contribution >= 4 is 11.5 Å². The van der Waals surface area contributed by atoms with Crippen molar-refractivity contribution in [2.24, 2.45) is 0 Å². The predicted molar refractivity (Wildman–Crippen MR) is 76.6 cm³/mol. The van der Waals surface area contributed by atoms with Crippen molar-refractivity contribution in [1.29, 1.82) is 0 Å². The van der Waals surface area contributed by atoms with E-state index < -0.39 is 11.2 Å². The van der Waals surface area contributed by atoms with Crippen molar-refractivity contribution in [3.63, 3.8) is 0 Å². The normalized spacial score (nSPS) is 10.7. The molecular formula is C12H18N6O2. The lowest BCUT2D eigenvalue weighted by molar-refractivity contribution is 0.605. The first-order valence-corrected chi connectivity index (χ1v) is 6.48. The summed E-state index contributed by atoms with van der Waals surface area (Å²) in [6.45, 7) is 2.82. The van der Waals surface area contributed by atoms with Gasteiger partial charge >= 0.3 is 5.69 Å². The van der Waals surface area contributed by atoms with Crippen molar-refractivity contribution in [3.8, 4) is 0 Å². The molecule has 0 saturated carbocycles. The average molecular weight is 278 g/mol. The van der Waals surface area contributed by atoms with Gasteiger partial charge in [-0.25, -0.2) is 9.78 Å². The van der Waals surface area contributed by atoms with Gasteiger partial charge in [0.05, 0.1) is 6.54 Å². The summed E-state index contributed by atoms with van der Waals surface area (Å²) in [6, 6.07) is 0. The smallest absolute Gasteiger partial charge is 0.330 e. The van der Waals surface area contributed by atoms with E-state index in [2.05, 4.69) is 20.3 Å². The fourth-order valence-electron chi connectivity index (χ4n) is 1.86. The minimum Gasteiger partial charge on any atom is -0.383 e. The van der Waals surface area contributed by atoms with Gasteiger partial charge in [0.15, 0.2) is 0 Å². The molecule has 0 radical (unpaired) electrons. The van der Waals surface area contributed by atoms with Crippen LogP contribution in [0.4, 0.5) is 11.5 Å². The molecule has 0 aliphatic rings. The highest BCUT2D eigenvalue weighted by molar-refractivity contribution is 5.60. The highest BCUT2D eigenvalue weighted by atomic mass is 16.2. The number of nitrogens with one attached hydrogen (secondary N) is 3. The molecular weight excluding hydrogens is 260 g/mol. The highest BCUT2D eigenvalue weighted by Crippen LogP contribution is 2.11. The molecule has 2 rings (SSSR count). The van der Waals surface area contributed by atoms with Crippen LogP contribution < -0.4 is 22.3 Å². The van der Waals surface area contributed by atoms with E-state index >= 15 is 0 Å². The van der Waals surface area contributed by atoms with Crippen LogP contribution in [0, 0.1) is 0 Å². The fourth-order valence-corrected chi connectivity index (χ4v) is 1.86. The lowest BCUT2D eigenvalue weighted by atomic mass is 10.3. The number of nitrogens with two attached hydrogens (primary N) is 1. The number of imidazole rings is 1. The number of nitrogens with zero attached hydrogens (tertiary/aromatic N) is 2. The zero-order valence-corrected chi connectivity index (χ0v) is 11.3. The quantitative estimate of drug-likeness (QED) is 0.603. The minimum absolute atomic E-state index is 0.152. The Morgan fingerprint density at radius 3 is 2.90 bits per heavy atom. The second-order valence-corrected chi connectivity index (χ2v) is 4.41. The van der Waals surface area contributed by atoms with Gasteiger partial charge in [-0.15, -0.1) is 0 Å². The third kappa shape index (κ3) is 2.90. The maximum absolute atomic E-state index is 11.8. The first-order valence-electron chi connectivity index (χ1n) is 6.48. The van der Waals surface area contributed by atoms with Crippen molar-refractivity contribution in [1.82, 2.24) is 19.5 Å². The minimum atomic E-state index is -0.521. The molecule has 0 bridgehead atoms. The molecule has 0 unspecified atom stereocenters. The van der Waals surface area contributed by atoms with Gasteiger partial charge in [0.2, 0.25) is 0 Å². The Morgan fingerprint density at radius 1 is 1.45 bits per heavy atom. The number of hydrogen-bond donors (Lipinski definition) is 4. The van der Waals surface area contributed by atoms with Crippen LogP contribution in [0.2, 0.25) is 0 Å². The number of unbranched alkanes of at least 4 members (excludes halogenated alkanes) is 1. The van der Waals surface area contributed by atoms with Crippen LogP contribution in [0.3, 0.4) is 0 Å². The van der Waals surface area contributed by atoms with Crippen LogP contribution in [0.15, 0.2) is 22.0 Å². The van der Waals surface area contributed by atoms with Gasteiger partial charge in [-0.3, -0.25) is 14.3 Å². The van der Waals surface area contributed by atoms with Crippen LogP contribution in [0.5, 0.6) is 0 Å². The summed E-state index contributed by atoms with van der Waals surface area (Å²) in [5.41, 5.74) is 5.10. The molecule has 0 saturated heterocycles. The van der Waals surface area contributed by atoms with E-state index in [1.54, 1.807) is 12.4 Å². The summed E-state index contributed by atoms with van der Waals surface area (Å²) in [5, 5.41) is 2.91. The zero-order chi connectivity index (χ0) is 14.5. The van der Waals surface area contributed by atoms with Crippen molar-refractivity contribution in [2.75, 3.05) is 11.1 Å².